The molecule has 0 saturated carbocycles. The number of aryl methyl sites for hydroxylation is 1. The van der Waals surface area contributed by atoms with Crippen molar-refractivity contribution < 1.29 is 0 Å². The van der Waals surface area contributed by atoms with Crippen molar-refractivity contribution in [1.29, 1.82) is 0 Å². The molecule has 0 bridgehead atoms. The second-order valence-electron chi connectivity index (χ2n) is 20.2. The van der Waals surface area contributed by atoms with Crippen LogP contribution in [0.25, 0.3) is 21.9 Å². The summed E-state index contributed by atoms with van der Waals surface area (Å²) < 4.78 is 0. The fraction of sp³-hybridized carbons (Fsp3) is 0.175. The first-order valence-corrected chi connectivity index (χ1v) is 22.9. The zero-order valence-electron chi connectivity index (χ0n) is 38.1. The van der Waals surface area contributed by atoms with Crippen LogP contribution in [0.2, 0.25) is 0 Å². The summed E-state index contributed by atoms with van der Waals surface area (Å²) in [6.07, 6.45) is 0. The van der Waals surface area contributed by atoms with Crippen LogP contribution in [-0.4, -0.2) is 0 Å². The maximum Gasteiger partial charge on any atom is 0.0714 e. The van der Waals surface area contributed by atoms with Gasteiger partial charge in [-0.3, -0.25) is 0 Å². The molecule has 2 aliphatic carbocycles. The van der Waals surface area contributed by atoms with Crippen molar-refractivity contribution in [2.24, 2.45) is 0 Å². The third-order valence-electron chi connectivity index (χ3n) is 14.4. The predicted molar refractivity (Wildman–Crippen MR) is 270 cm³/mol. The maximum atomic E-state index is 2.56. The second-order valence-corrected chi connectivity index (χ2v) is 20.2. The summed E-state index contributed by atoms with van der Waals surface area (Å²) in [4.78, 5) is 2.52. The highest BCUT2D eigenvalue weighted by Gasteiger charge is 2.54. The molecule has 0 N–H and O–H groups in total. The van der Waals surface area contributed by atoms with Crippen LogP contribution in [0.1, 0.15) is 103 Å². The predicted octanol–water partition coefficient (Wildman–Crippen LogP) is 16.3. The molecular formula is C63H55N. The van der Waals surface area contributed by atoms with Crippen LogP contribution < -0.4 is 4.90 Å². The Balaban J connectivity index is 1.36. The zero-order valence-corrected chi connectivity index (χ0v) is 38.1. The number of benzene rings is 9. The summed E-state index contributed by atoms with van der Waals surface area (Å²) >= 11 is 0. The largest absolute Gasteiger partial charge is 0.310 e. The molecule has 2 aliphatic rings. The molecule has 0 aromatic heterocycles. The van der Waals surface area contributed by atoms with E-state index in [2.05, 4.69) is 260 Å². The van der Waals surface area contributed by atoms with Gasteiger partial charge in [-0.25, -0.2) is 0 Å². The van der Waals surface area contributed by atoms with Gasteiger partial charge in [0, 0.05) is 17.1 Å². The lowest BCUT2D eigenvalue weighted by atomic mass is 9.59. The minimum Gasteiger partial charge on any atom is -0.310 e. The molecule has 0 fully saturated rings. The fourth-order valence-electron chi connectivity index (χ4n) is 11.4. The Bertz CT molecular complexity index is 3050. The lowest BCUT2D eigenvalue weighted by Gasteiger charge is -2.43. The van der Waals surface area contributed by atoms with Crippen molar-refractivity contribution in [2.75, 3.05) is 4.90 Å². The molecule has 11 rings (SSSR count). The van der Waals surface area contributed by atoms with E-state index in [1.165, 1.54) is 83.1 Å². The quantitative estimate of drug-likeness (QED) is 0.155. The molecule has 0 heterocycles. The molecule has 1 nitrogen and oxygen atoms in total. The van der Waals surface area contributed by atoms with Gasteiger partial charge < -0.3 is 4.90 Å². The van der Waals surface area contributed by atoms with Crippen LogP contribution in [-0.2, 0) is 21.7 Å². The van der Waals surface area contributed by atoms with E-state index in [1.807, 2.05) is 0 Å². The van der Waals surface area contributed by atoms with Crippen molar-refractivity contribution >= 4 is 27.8 Å². The summed E-state index contributed by atoms with van der Waals surface area (Å²) in [5, 5.41) is 2.66. The molecular weight excluding hydrogens is 771 g/mol. The first-order valence-electron chi connectivity index (χ1n) is 22.9. The number of nitrogens with zero attached hydrogens (tertiary/aromatic N) is 1. The Morgan fingerprint density at radius 1 is 0.344 bits per heavy atom. The molecule has 0 spiro atoms. The second kappa shape index (κ2) is 14.5. The summed E-state index contributed by atoms with van der Waals surface area (Å²) in [5.74, 6) is 0. The summed E-state index contributed by atoms with van der Waals surface area (Å²) in [6.45, 7) is 16.1. The molecule has 1 heteroatoms. The highest BCUT2D eigenvalue weighted by Crippen LogP contribution is 2.66. The molecule has 0 aliphatic heterocycles. The normalized spacial score (nSPS) is 14.4. The molecule has 0 unspecified atom stereocenters. The monoisotopic (exact) mass is 825 g/mol. The smallest absolute Gasteiger partial charge is 0.0714 e. The van der Waals surface area contributed by atoms with Crippen LogP contribution in [0.15, 0.2) is 206 Å². The lowest BCUT2D eigenvalue weighted by Crippen LogP contribution is -2.34. The van der Waals surface area contributed by atoms with E-state index in [0.29, 0.717) is 0 Å². The topological polar surface area (TPSA) is 3.24 Å². The number of hydrogen-bond acceptors (Lipinski definition) is 1. The van der Waals surface area contributed by atoms with Crippen molar-refractivity contribution in [3.05, 3.63) is 267 Å². The summed E-state index contributed by atoms with van der Waals surface area (Å²) in [6, 6.07) is 78.6. The van der Waals surface area contributed by atoms with Crippen LogP contribution in [0.5, 0.6) is 0 Å². The third kappa shape index (κ3) is 5.76. The average Bonchev–Trinajstić information content (AvgIpc) is 3.61. The van der Waals surface area contributed by atoms with Crippen molar-refractivity contribution in [2.45, 2.75) is 70.1 Å². The number of anilines is 3. The molecule has 312 valence electrons. The van der Waals surface area contributed by atoms with E-state index < -0.39 is 10.8 Å². The average molecular weight is 826 g/mol. The summed E-state index contributed by atoms with van der Waals surface area (Å²) in [7, 11) is 0. The van der Waals surface area contributed by atoms with E-state index in [0.717, 1.165) is 17.1 Å². The Morgan fingerprint density at radius 2 is 0.719 bits per heavy atom. The number of hydrogen-bond donors (Lipinski definition) is 0. The van der Waals surface area contributed by atoms with E-state index in [9.17, 15) is 0 Å². The minimum atomic E-state index is -0.651. The van der Waals surface area contributed by atoms with Gasteiger partial charge in [-0.2, -0.15) is 0 Å². The molecule has 9 aromatic rings. The van der Waals surface area contributed by atoms with Crippen molar-refractivity contribution in [3.63, 3.8) is 0 Å². The van der Waals surface area contributed by atoms with Gasteiger partial charge in [0.15, 0.2) is 0 Å². The van der Waals surface area contributed by atoms with Gasteiger partial charge in [0.2, 0.25) is 0 Å². The molecule has 9 aromatic carbocycles. The van der Waals surface area contributed by atoms with Crippen LogP contribution >= 0.6 is 0 Å². The number of rotatable bonds is 7. The van der Waals surface area contributed by atoms with Gasteiger partial charge in [-0.15, -0.1) is 0 Å². The Kier molecular flexibility index (Phi) is 9.06. The van der Waals surface area contributed by atoms with Gasteiger partial charge in [-0.05, 0) is 137 Å². The SMILES string of the molecule is Cc1cc2c3c4c(cccc14)C(c1ccccc1)(c1ccccc1)c1cc(N(c4ccc(C(C)(C)C)cc4)c4ccc(C(C)(C)C)cc4)cc(c1-3)C2(c1ccccc1)c1ccccc1. The molecule has 0 saturated heterocycles. The van der Waals surface area contributed by atoms with Gasteiger partial charge in [0.1, 0.15) is 0 Å². The summed E-state index contributed by atoms with van der Waals surface area (Å²) in [5.41, 5.74) is 19.1. The van der Waals surface area contributed by atoms with Gasteiger partial charge >= 0.3 is 0 Å². The van der Waals surface area contributed by atoms with Crippen LogP contribution in [0.3, 0.4) is 0 Å². The third-order valence-corrected chi connectivity index (χ3v) is 14.4. The fourth-order valence-corrected chi connectivity index (χ4v) is 11.4. The van der Waals surface area contributed by atoms with E-state index in [4.69, 9.17) is 0 Å². The molecule has 0 atom stereocenters. The highest BCUT2D eigenvalue weighted by atomic mass is 15.1. The van der Waals surface area contributed by atoms with Crippen molar-refractivity contribution in [3.8, 4) is 11.1 Å². The van der Waals surface area contributed by atoms with E-state index in [1.54, 1.807) is 0 Å². The van der Waals surface area contributed by atoms with Crippen LogP contribution in [0.4, 0.5) is 17.1 Å². The van der Waals surface area contributed by atoms with Gasteiger partial charge in [-0.1, -0.05) is 211 Å². The molecule has 0 radical (unpaired) electrons. The standard InChI is InChI=1S/C63H55N/c1-42-39-54-59-57-52(42)29-20-30-53(57)62(45-21-12-8-13-22-45,46-23-14-9-15-24-46)55-40-51(41-56(58(55)59)63(54,47-25-16-10-17-26-47)48-27-18-11-19-28-48)64(49-35-31-43(32-36-49)60(2,3)4)50-37-33-44(34-38-50)61(5,6)7/h8-41H,1-7H3. The Labute approximate surface area is 379 Å². The van der Waals surface area contributed by atoms with Gasteiger partial charge in [0.25, 0.3) is 0 Å². The first-order chi connectivity index (χ1) is 30.9. The lowest BCUT2D eigenvalue weighted by molar-refractivity contribution is 0.590. The van der Waals surface area contributed by atoms with Gasteiger partial charge in [0.05, 0.1) is 10.8 Å². The maximum absolute atomic E-state index is 2.56. The molecule has 0 amide bonds. The van der Waals surface area contributed by atoms with E-state index in [-0.39, 0.29) is 10.8 Å². The first kappa shape index (κ1) is 39.9. The van der Waals surface area contributed by atoms with Crippen LogP contribution in [0, 0.1) is 6.92 Å². The zero-order chi connectivity index (χ0) is 44.0. The Hall–Kier alpha value is -6.96. The minimum absolute atomic E-state index is 0.0219. The van der Waals surface area contributed by atoms with Crippen molar-refractivity contribution in [1.82, 2.24) is 0 Å². The molecule has 64 heavy (non-hydrogen) atoms. The van der Waals surface area contributed by atoms with E-state index >= 15 is 0 Å². The Morgan fingerprint density at radius 3 is 1.11 bits per heavy atom. The highest BCUT2D eigenvalue weighted by molar-refractivity contribution is 6.12.